The van der Waals surface area contributed by atoms with Gasteiger partial charge in [-0.25, -0.2) is 13.1 Å². The van der Waals surface area contributed by atoms with Crippen molar-refractivity contribution in [3.05, 3.63) is 53.1 Å². The molecular formula is C39H48N4O5S. The van der Waals surface area contributed by atoms with Gasteiger partial charge in [0.1, 0.15) is 5.75 Å². The van der Waals surface area contributed by atoms with E-state index >= 15 is 4.79 Å². The van der Waals surface area contributed by atoms with Gasteiger partial charge in [0, 0.05) is 58.7 Å². The van der Waals surface area contributed by atoms with Gasteiger partial charge in [-0.15, -0.1) is 0 Å². The van der Waals surface area contributed by atoms with Gasteiger partial charge >= 0.3 is 0 Å². The molecule has 260 valence electrons. The predicted molar refractivity (Wildman–Crippen MR) is 189 cm³/mol. The van der Waals surface area contributed by atoms with E-state index in [2.05, 4.69) is 38.3 Å². The first kappa shape index (κ1) is 31.6. The normalized spacial score (nSPS) is 30.6. The van der Waals surface area contributed by atoms with Crippen molar-refractivity contribution in [3.8, 4) is 17.0 Å². The number of methoxy groups -OCH3 is 1. The Morgan fingerprint density at radius 3 is 2.29 bits per heavy atom. The smallest absolute Gasteiger partial charge is 0.264 e. The number of nitrogens with zero attached hydrogens (tertiary/aromatic N) is 3. The summed E-state index contributed by atoms with van der Waals surface area (Å²) in [6.07, 6.45) is 11.1. The summed E-state index contributed by atoms with van der Waals surface area (Å²) in [5, 5.41) is 0.375. The van der Waals surface area contributed by atoms with Crippen molar-refractivity contribution < 1.29 is 22.7 Å². The molecule has 9 nitrogen and oxygen atoms in total. The van der Waals surface area contributed by atoms with Gasteiger partial charge in [-0.2, -0.15) is 0 Å². The van der Waals surface area contributed by atoms with Crippen LogP contribution in [0.1, 0.15) is 111 Å². The highest BCUT2D eigenvalue weighted by molar-refractivity contribution is 7.90. The van der Waals surface area contributed by atoms with Crippen LogP contribution < -0.4 is 9.46 Å². The molecule has 0 spiro atoms. The number of aromatic nitrogens is 1. The van der Waals surface area contributed by atoms with E-state index in [9.17, 15) is 13.2 Å². The van der Waals surface area contributed by atoms with Gasteiger partial charge in [0.2, 0.25) is 15.9 Å². The van der Waals surface area contributed by atoms with E-state index in [4.69, 9.17) is 4.74 Å². The quantitative estimate of drug-likeness (QED) is 0.334. The van der Waals surface area contributed by atoms with E-state index in [0.717, 1.165) is 72.9 Å². The van der Waals surface area contributed by atoms with Gasteiger partial charge in [-0.1, -0.05) is 25.3 Å². The predicted octanol–water partition coefficient (Wildman–Crippen LogP) is 6.16. The Morgan fingerprint density at radius 2 is 1.61 bits per heavy atom. The highest BCUT2D eigenvalue weighted by atomic mass is 32.2. The Labute approximate surface area is 289 Å². The van der Waals surface area contributed by atoms with Gasteiger partial charge in [-0.05, 0) is 113 Å². The molecule has 1 N–H and O–H groups in total. The molecule has 2 amide bonds. The topological polar surface area (TPSA) is 101 Å². The summed E-state index contributed by atoms with van der Waals surface area (Å²) in [5.41, 5.74) is 5.46. The molecule has 2 aromatic carbocycles. The average Bonchev–Trinajstić information content (AvgIpc) is 3.45. The average molecular weight is 685 g/mol. The lowest BCUT2D eigenvalue weighted by atomic mass is 9.81. The molecule has 0 radical (unpaired) electrons. The Morgan fingerprint density at radius 1 is 0.918 bits per heavy atom. The minimum Gasteiger partial charge on any atom is -0.497 e. The number of fused-ring (bicyclic) bond motifs is 13. The number of ether oxygens (including phenoxy) is 1. The maximum Gasteiger partial charge on any atom is 0.264 e. The molecule has 49 heavy (non-hydrogen) atoms. The number of likely N-dealkylation sites (N-methyl/N-ethyl adjacent to an activating group) is 1. The summed E-state index contributed by atoms with van der Waals surface area (Å²) >= 11 is 0. The number of piperazine rings is 1. The van der Waals surface area contributed by atoms with Crippen LogP contribution in [0.5, 0.6) is 5.75 Å². The van der Waals surface area contributed by atoms with E-state index < -0.39 is 26.6 Å². The van der Waals surface area contributed by atoms with Crippen molar-refractivity contribution in [1.29, 1.82) is 0 Å². The van der Waals surface area contributed by atoms with Gasteiger partial charge in [0.15, 0.2) is 0 Å². The fourth-order valence-electron chi connectivity index (χ4n) is 10.8. The molecule has 4 aliphatic heterocycles. The third-order valence-electron chi connectivity index (χ3n) is 13.5. The summed E-state index contributed by atoms with van der Waals surface area (Å²) in [7, 11) is 0.163. The monoisotopic (exact) mass is 684 g/mol. The maximum absolute atomic E-state index is 15.3. The third kappa shape index (κ3) is 4.54. The lowest BCUT2D eigenvalue weighted by molar-refractivity contribution is -0.146. The standard InChI is InChI=1S/C39H48N4O5S/c1-22(2)49(46,47)40-37(44)24-10-12-27-34(18-24)42-21-39(38(45)43-32-16-17-33(43)31-15-14-30(32)41(31)3)20-29(39)28-19-25(48-4)11-13-26(28)36(42)35(27)23-8-6-5-7-9-23/h10-13,18-19,22-23,29-33H,5-9,14-17,20-21H2,1-4H3,(H,40,44). The second-order valence-corrected chi connectivity index (χ2v) is 18.3. The van der Waals surface area contributed by atoms with Crippen molar-refractivity contribution in [2.24, 2.45) is 5.41 Å². The number of hydrogen-bond acceptors (Lipinski definition) is 6. The van der Waals surface area contributed by atoms with Crippen LogP contribution in [-0.2, 0) is 21.4 Å². The summed E-state index contributed by atoms with van der Waals surface area (Å²) in [6.45, 7) is 3.67. The summed E-state index contributed by atoms with van der Waals surface area (Å²) in [5.74, 6) is 0.935. The molecule has 5 fully saturated rings. The number of carbonyl (C=O) groups excluding carboxylic acids is 2. The fraction of sp³-hybridized carbons (Fsp3) is 0.590. The molecule has 2 saturated carbocycles. The molecule has 9 rings (SSSR count). The molecule has 5 heterocycles. The van der Waals surface area contributed by atoms with Gasteiger partial charge < -0.3 is 14.2 Å². The van der Waals surface area contributed by atoms with Crippen LogP contribution in [0.15, 0.2) is 36.4 Å². The van der Waals surface area contributed by atoms with Crippen molar-refractivity contribution in [3.63, 3.8) is 0 Å². The number of amides is 2. The maximum atomic E-state index is 15.3. The second kappa shape index (κ2) is 11.1. The molecular weight excluding hydrogens is 637 g/mol. The molecule has 3 saturated heterocycles. The lowest BCUT2D eigenvalue weighted by Gasteiger charge is -2.46. The molecule has 6 unspecified atom stereocenters. The first-order chi connectivity index (χ1) is 23.5. The number of carbonyl (C=O) groups is 2. The van der Waals surface area contributed by atoms with Crippen molar-refractivity contribution in [2.45, 2.75) is 126 Å². The fourth-order valence-corrected chi connectivity index (χ4v) is 11.4. The zero-order valence-electron chi connectivity index (χ0n) is 29.1. The van der Waals surface area contributed by atoms with E-state index in [-0.39, 0.29) is 18.0 Å². The van der Waals surface area contributed by atoms with Crippen LogP contribution in [0.2, 0.25) is 0 Å². The van der Waals surface area contributed by atoms with Crippen molar-refractivity contribution in [1.82, 2.24) is 19.1 Å². The molecule has 10 heteroatoms. The van der Waals surface area contributed by atoms with Crippen LogP contribution in [-0.4, -0.2) is 78.2 Å². The summed E-state index contributed by atoms with van der Waals surface area (Å²) in [4.78, 5) is 33.7. The van der Waals surface area contributed by atoms with Gasteiger partial charge in [0.05, 0.1) is 23.5 Å². The van der Waals surface area contributed by atoms with E-state index in [1.165, 1.54) is 30.4 Å². The zero-order chi connectivity index (χ0) is 34.0. The molecule has 6 aliphatic rings. The Kier molecular flexibility index (Phi) is 7.13. The van der Waals surface area contributed by atoms with E-state index in [1.807, 2.05) is 18.2 Å². The van der Waals surface area contributed by atoms with E-state index in [1.54, 1.807) is 27.0 Å². The Balaban J connectivity index is 1.23. The van der Waals surface area contributed by atoms with Crippen molar-refractivity contribution in [2.75, 3.05) is 14.2 Å². The SMILES string of the molecule is COc1ccc2c(c1)C1CC1(C(=O)N1C3CCC1C1CCC3N1C)Cn1c-2c(C2CCCCC2)c2ccc(C(=O)NS(=O)(=O)C(C)C)cc21. The number of sulfonamides is 1. The van der Waals surface area contributed by atoms with Gasteiger partial charge in [-0.3, -0.25) is 14.5 Å². The molecule has 4 bridgehead atoms. The molecule has 3 aromatic rings. The third-order valence-corrected chi connectivity index (χ3v) is 15.2. The second-order valence-electron chi connectivity index (χ2n) is 16.1. The first-order valence-corrected chi connectivity index (χ1v) is 20.0. The Bertz CT molecular complexity index is 1980. The highest BCUT2D eigenvalue weighted by Gasteiger charge is 2.67. The minimum absolute atomic E-state index is 0.0821. The van der Waals surface area contributed by atoms with Crippen LogP contribution in [0.3, 0.4) is 0 Å². The lowest BCUT2D eigenvalue weighted by Crippen LogP contribution is -2.62. The molecule has 1 aromatic heterocycles. The van der Waals surface area contributed by atoms with Gasteiger partial charge in [0.25, 0.3) is 5.91 Å². The largest absolute Gasteiger partial charge is 0.497 e. The summed E-state index contributed by atoms with van der Waals surface area (Å²) in [6, 6.07) is 13.5. The number of nitrogens with one attached hydrogen (secondary N) is 1. The highest BCUT2D eigenvalue weighted by Crippen LogP contribution is 2.67. The van der Waals surface area contributed by atoms with Crippen LogP contribution in [0.25, 0.3) is 22.2 Å². The van der Waals surface area contributed by atoms with Crippen molar-refractivity contribution >= 4 is 32.7 Å². The number of hydrogen-bond donors (Lipinski definition) is 1. The Hall–Kier alpha value is -3.37. The summed E-state index contributed by atoms with van der Waals surface area (Å²) < 4.78 is 35.8. The molecule has 2 aliphatic carbocycles. The zero-order valence-corrected chi connectivity index (χ0v) is 29.9. The number of benzene rings is 2. The van der Waals surface area contributed by atoms with Crippen LogP contribution >= 0.6 is 0 Å². The van der Waals surface area contributed by atoms with Crippen LogP contribution in [0.4, 0.5) is 0 Å². The van der Waals surface area contributed by atoms with E-state index in [0.29, 0.717) is 36.0 Å². The first-order valence-electron chi connectivity index (χ1n) is 18.5. The molecule has 6 atom stereocenters. The number of rotatable bonds is 6. The van der Waals surface area contributed by atoms with Crippen LogP contribution in [0, 0.1) is 5.41 Å². The minimum atomic E-state index is -3.80.